The van der Waals surface area contributed by atoms with Crippen LogP contribution in [0.15, 0.2) is 108 Å². The third kappa shape index (κ3) is 4.76. The highest BCUT2D eigenvalue weighted by molar-refractivity contribution is 8.18. The summed E-state index contributed by atoms with van der Waals surface area (Å²) in [5.74, 6) is 0.576. The van der Waals surface area contributed by atoms with Crippen molar-refractivity contribution in [1.29, 1.82) is 0 Å². The molecular weight excluding hydrogens is 480 g/mol. The number of imide groups is 1. The van der Waals surface area contributed by atoms with Crippen LogP contribution in [0.1, 0.15) is 11.1 Å². The standard InChI is InChI=1S/C31H24N2O3S/c34-30-29(37-31(35)33(30)20-22-14-15-23-8-4-5-9-24(23)18-22)19-25-21-32(28-13-7-6-12-27(25)28)16-17-36-26-10-2-1-3-11-26/h1-15,18-19,21H,16-17,20H2/b29-19-. The lowest BCUT2D eigenvalue weighted by molar-refractivity contribution is -0.123. The Hall–Kier alpha value is -4.29. The molecule has 1 aliphatic heterocycles. The van der Waals surface area contributed by atoms with E-state index >= 15 is 0 Å². The summed E-state index contributed by atoms with van der Waals surface area (Å²) in [7, 11) is 0. The van der Waals surface area contributed by atoms with Gasteiger partial charge in [0.15, 0.2) is 0 Å². The van der Waals surface area contributed by atoms with Gasteiger partial charge in [0.2, 0.25) is 0 Å². The summed E-state index contributed by atoms with van der Waals surface area (Å²) in [6, 6.07) is 31.9. The summed E-state index contributed by atoms with van der Waals surface area (Å²) in [5, 5.41) is 3.00. The van der Waals surface area contributed by atoms with Crippen LogP contribution in [-0.2, 0) is 17.9 Å². The van der Waals surface area contributed by atoms with Crippen LogP contribution in [0.3, 0.4) is 0 Å². The number of hydrogen-bond acceptors (Lipinski definition) is 4. The highest BCUT2D eigenvalue weighted by Gasteiger charge is 2.35. The Morgan fingerprint density at radius 2 is 1.57 bits per heavy atom. The van der Waals surface area contributed by atoms with E-state index in [9.17, 15) is 9.59 Å². The van der Waals surface area contributed by atoms with Crippen molar-refractivity contribution in [1.82, 2.24) is 9.47 Å². The maximum atomic E-state index is 13.2. The lowest BCUT2D eigenvalue weighted by Crippen LogP contribution is -2.27. The van der Waals surface area contributed by atoms with Gasteiger partial charge in [0.25, 0.3) is 11.1 Å². The minimum atomic E-state index is -0.257. The summed E-state index contributed by atoms with van der Waals surface area (Å²) in [5.41, 5.74) is 2.89. The molecule has 1 fully saturated rings. The average molecular weight is 505 g/mol. The van der Waals surface area contributed by atoms with Gasteiger partial charge >= 0.3 is 0 Å². The minimum absolute atomic E-state index is 0.246. The smallest absolute Gasteiger partial charge is 0.293 e. The summed E-state index contributed by atoms with van der Waals surface area (Å²) < 4.78 is 8.01. The van der Waals surface area contributed by atoms with Crippen molar-refractivity contribution in [2.75, 3.05) is 6.61 Å². The number of aromatic nitrogens is 1. The van der Waals surface area contributed by atoms with E-state index in [0.717, 1.165) is 50.3 Å². The van der Waals surface area contributed by atoms with Crippen LogP contribution in [-0.4, -0.2) is 27.2 Å². The maximum Gasteiger partial charge on any atom is 0.293 e. The monoisotopic (exact) mass is 504 g/mol. The average Bonchev–Trinajstić information content (AvgIpc) is 3.41. The molecule has 0 radical (unpaired) electrons. The molecule has 0 aliphatic carbocycles. The molecule has 6 rings (SSSR count). The van der Waals surface area contributed by atoms with Crippen molar-refractivity contribution in [3.05, 3.63) is 119 Å². The number of carbonyl (C=O) groups excluding carboxylic acids is 2. The van der Waals surface area contributed by atoms with E-state index in [0.29, 0.717) is 18.1 Å². The normalized spacial score (nSPS) is 14.8. The Morgan fingerprint density at radius 1 is 0.811 bits per heavy atom. The molecule has 0 atom stereocenters. The number of amides is 2. The van der Waals surface area contributed by atoms with Gasteiger partial charge in [-0.15, -0.1) is 0 Å². The number of rotatable bonds is 7. The molecule has 2 heterocycles. The van der Waals surface area contributed by atoms with Crippen molar-refractivity contribution in [2.24, 2.45) is 0 Å². The molecule has 0 saturated carbocycles. The Kier molecular flexibility index (Phi) is 6.25. The fourth-order valence-electron chi connectivity index (χ4n) is 4.65. The van der Waals surface area contributed by atoms with Crippen LogP contribution in [0.5, 0.6) is 5.75 Å². The Bertz CT molecular complexity index is 1660. The van der Waals surface area contributed by atoms with E-state index in [2.05, 4.69) is 10.6 Å². The van der Waals surface area contributed by atoms with Gasteiger partial charge in [-0.05, 0) is 58.4 Å². The second-order valence-corrected chi connectivity index (χ2v) is 9.90. The molecule has 6 heteroatoms. The fourth-order valence-corrected chi connectivity index (χ4v) is 5.48. The maximum absolute atomic E-state index is 13.2. The zero-order chi connectivity index (χ0) is 25.2. The molecule has 0 spiro atoms. The van der Waals surface area contributed by atoms with Gasteiger partial charge in [-0.2, -0.15) is 0 Å². The molecule has 4 aromatic carbocycles. The lowest BCUT2D eigenvalue weighted by atomic mass is 10.1. The Balaban J connectivity index is 1.23. The van der Waals surface area contributed by atoms with Crippen LogP contribution in [0.4, 0.5) is 4.79 Å². The van der Waals surface area contributed by atoms with Gasteiger partial charge < -0.3 is 9.30 Å². The minimum Gasteiger partial charge on any atom is -0.492 e. The second-order valence-electron chi connectivity index (χ2n) is 8.91. The third-order valence-corrected chi connectivity index (χ3v) is 7.39. The number of hydrogen-bond donors (Lipinski definition) is 0. The molecule has 37 heavy (non-hydrogen) atoms. The van der Waals surface area contributed by atoms with Crippen LogP contribution in [0, 0.1) is 0 Å². The van der Waals surface area contributed by atoms with Gasteiger partial charge in [-0.25, -0.2) is 0 Å². The fraction of sp³-hybridized carbons (Fsp3) is 0.0968. The second kappa shape index (κ2) is 9.99. The first-order valence-electron chi connectivity index (χ1n) is 12.1. The SMILES string of the molecule is O=C1S/C(=C\c2cn(CCOc3ccccc3)c3ccccc23)C(=O)N1Cc1ccc2ccccc2c1. The molecule has 2 amide bonds. The number of nitrogens with zero attached hydrogens (tertiary/aromatic N) is 2. The van der Waals surface area contributed by atoms with E-state index in [1.165, 1.54) is 4.90 Å². The van der Waals surface area contributed by atoms with Crippen molar-refractivity contribution in [3.63, 3.8) is 0 Å². The molecular formula is C31H24N2O3S. The lowest BCUT2D eigenvalue weighted by Gasteiger charge is -2.13. The van der Waals surface area contributed by atoms with E-state index in [1.54, 1.807) is 0 Å². The van der Waals surface area contributed by atoms with Crippen LogP contribution >= 0.6 is 11.8 Å². The van der Waals surface area contributed by atoms with Gasteiger partial charge in [0, 0.05) is 22.7 Å². The number of benzene rings is 4. The molecule has 0 bridgehead atoms. The zero-order valence-corrected chi connectivity index (χ0v) is 20.9. The predicted octanol–water partition coefficient (Wildman–Crippen LogP) is 7.11. The first-order chi connectivity index (χ1) is 18.2. The molecule has 5 nitrogen and oxygen atoms in total. The number of ether oxygens (including phenoxy) is 1. The van der Waals surface area contributed by atoms with Crippen molar-refractivity contribution in [2.45, 2.75) is 13.1 Å². The molecule has 1 saturated heterocycles. The quantitative estimate of drug-likeness (QED) is 0.222. The summed E-state index contributed by atoms with van der Waals surface area (Å²) in [4.78, 5) is 27.8. The van der Waals surface area contributed by atoms with E-state index in [-0.39, 0.29) is 17.7 Å². The Morgan fingerprint density at radius 3 is 2.43 bits per heavy atom. The van der Waals surface area contributed by atoms with Gasteiger partial charge in [-0.1, -0.05) is 72.8 Å². The third-order valence-electron chi connectivity index (χ3n) is 6.48. The zero-order valence-electron chi connectivity index (χ0n) is 20.0. The van der Waals surface area contributed by atoms with Gasteiger partial charge in [0.1, 0.15) is 12.4 Å². The molecule has 5 aromatic rings. The number of thioether (sulfide) groups is 1. The van der Waals surface area contributed by atoms with Crippen molar-refractivity contribution < 1.29 is 14.3 Å². The molecule has 1 aliphatic rings. The van der Waals surface area contributed by atoms with E-state index in [4.69, 9.17) is 4.74 Å². The highest BCUT2D eigenvalue weighted by atomic mass is 32.2. The van der Waals surface area contributed by atoms with Crippen molar-refractivity contribution >= 4 is 50.7 Å². The van der Waals surface area contributed by atoms with Crippen molar-refractivity contribution in [3.8, 4) is 5.75 Å². The summed E-state index contributed by atoms with van der Waals surface area (Å²) in [6.45, 7) is 1.43. The molecule has 182 valence electrons. The first kappa shape index (κ1) is 23.1. The molecule has 1 aromatic heterocycles. The van der Waals surface area contributed by atoms with E-state index < -0.39 is 0 Å². The largest absolute Gasteiger partial charge is 0.492 e. The van der Waals surface area contributed by atoms with Gasteiger partial charge in [-0.3, -0.25) is 14.5 Å². The van der Waals surface area contributed by atoms with Crippen LogP contribution in [0.25, 0.3) is 27.8 Å². The predicted molar refractivity (Wildman–Crippen MR) is 149 cm³/mol. The van der Waals surface area contributed by atoms with Crippen LogP contribution in [0.2, 0.25) is 0 Å². The molecule has 0 N–H and O–H groups in total. The number of fused-ring (bicyclic) bond motifs is 2. The topological polar surface area (TPSA) is 51.5 Å². The number of carbonyl (C=O) groups is 2. The van der Waals surface area contributed by atoms with Gasteiger partial charge in [0.05, 0.1) is 18.0 Å². The highest BCUT2D eigenvalue weighted by Crippen LogP contribution is 2.35. The number of para-hydroxylation sites is 2. The van der Waals surface area contributed by atoms with E-state index in [1.807, 2.05) is 103 Å². The van der Waals surface area contributed by atoms with Crippen LogP contribution < -0.4 is 4.74 Å². The Labute approximate surface area is 219 Å². The first-order valence-corrected chi connectivity index (χ1v) is 13.0. The summed E-state index contributed by atoms with van der Waals surface area (Å²) in [6.07, 6.45) is 3.86. The summed E-state index contributed by atoms with van der Waals surface area (Å²) >= 11 is 0.997. The molecule has 0 unspecified atom stereocenters.